The third-order valence-corrected chi connectivity index (χ3v) is 10.0. The highest BCUT2D eigenvalue weighted by Crippen LogP contribution is 2.14. The highest BCUT2D eigenvalue weighted by atomic mass is 16.6. The number of hydrogen-bond acceptors (Lipinski definition) is 7. The molecule has 0 aromatic rings. The first kappa shape index (κ1) is 52.6. The molecule has 0 fully saturated rings. The van der Waals surface area contributed by atoms with E-state index < -0.39 is 18.1 Å². The van der Waals surface area contributed by atoms with Crippen LogP contribution in [-0.2, 0) is 28.6 Å². The van der Waals surface area contributed by atoms with Crippen LogP contribution in [0.2, 0.25) is 0 Å². The summed E-state index contributed by atoms with van der Waals surface area (Å²) in [5.74, 6) is -1.75. The zero-order valence-corrected chi connectivity index (χ0v) is 36.3. The lowest BCUT2D eigenvalue weighted by Crippen LogP contribution is -2.55. The molecule has 0 aromatic heterocycles. The number of hydrogen-bond donors (Lipinski definition) is 0. The van der Waals surface area contributed by atoms with E-state index in [1.54, 1.807) is 21.1 Å². The van der Waals surface area contributed by atoms with Crippen LogP contribution in [0, 0.1) is 0 Å². The molecule has 0 bridgehead atoms. The van der Waals surface area contributed by atoms with Gasteiger partial charge in [0.15, 0.2) is 6.10 Å². The largest absolute Gasteiger partial charge is 0.544 e. The molecule has 0 saturated carbocycles. The van der Waals surface area contributed by atoms with Gasteiger partial charge in [-0.1, -0.05) is 153 Å². The molecule has 0 aliphatic heterocycles. The Bertz CT molecular complexity index is 1000. The zero-order valence-electron chi connectivity index (χ0n) is 36.3. The van der Waals surface area contributed by atoms with E-state index in [-0.39, 0.29) is 42.7 Å². The van der Waals surface area contributed by atoms with E-state index in [1.807, 2.05) is 0 Å². The number of unbranched alkanes of at least 4 members (excludes halogenated alkanes) is 21. The van der Waals surface area contributed by atoms with Crippen LogP contribution in [0.3, 0.4) is 0 Å². The lowest BCUT2D eigenvalue weighted by molar-refractivity contribution is -0.889. The summed E-state index contributed by atoms with van der Waals surface area (Å²) in [6, 6.07) is -0.726. The van der Waals surface area contributed by atoms with Crippen molar-refractivity contribution in [3.63, 3.8) is 0 Å². The fraction of sp³-hybridized carbons (Fsp3) is 0.809. The number of carbonyl (C=O) groups is 3. The number of allylic oxidation sites excluding steroid dienone is 6. The minimum atomic E-state index is -1.13. The predicted molar refractivity (Wildman–Crippen MR) is 227 cm³/mol. The van der Waals surface area contributed by atoms with Crippen LogP contribution in [0.1, 0.15) is 194 Å². The Labute approximate surface area is 338 Å². The van der Waals surface area contributed by atoms with Crippen LogP contribution < -0.4 is 5.11 Å². The van der Waals surface area contributed by atoms with Gasteiger partial charge >= 0.3 is 11.9 Å². The second-order valence-corrected chi connectivity index (χ2v) is 16.3. The molecular formula is C47H85NO7. The number of carboxylic acids is 1. The van der Waals surface area contributed by atoms with Gasteiger partial charge in [-0.2, -0.15) is 0 Å². The van der Waals surface area contributed by atoms with E-state index in [9.17, 15) is 19.5 Å². The van der Waals surface area contributed by atoms with Gasteiger partial charge in [0.1, 0.15) is 12.6 Å². The number of carboxylic acid groups (broad SMARTS) is 1. The fourth-order valence-electron chi connectivity index (χ4n) is 6.45. The highest BCUT2D eigenvalue weighted by Gasteiger charge is 2.25. The molecule has 0 aromatic carbocycles. The monoisotopic (exact) mass is 776 g/mol. The third-order valence-electron chi connectivity index (χ3n) is 10.0. The first-order valence-corrected chi connectivity index (χ1v) is 22.5. The lowest BCUT2D eigenvalue weighted by Gasteiger charge is -2.34. The summed E-state index contributed by atoms with van der Waals surface area (Å²) in [6.45, 7) is 4.60. The van der Waals surface area contributed by atoms with Crippen molar-refractivity contribution in [2.45, 2.75) is 206 Å². The molecule has 0 aliphatic rings. The summed E-state index contributed by atoms with van der Waals surface area (Å²) in [5.41, 5.74) is 0. The van der Waals surface area contributed by atoms with Crippen LogP contribution in [-0.4, -0.2) is 75.5 Å². The van der Waals surface area contributed by atoms with Crippen molar-refractivity contribution in [1.82, 2.24) is 0 Å². The Kier molecular flexibility index (Phi) is 36.7. The highest BCUT2D eigenvalue weighted by molar-refractivity contribution is 5.70. The van der Waals surface area contributed by atoms with Crippen LogP contribution in [0.5, 0.6) is 0 Å². The smallest absolute Gasteiger partial charge is 0.306 e. The molecule has 0 aliphatic carbocycles. The summed E-state index contributed by atoms with van der Waals surface area (Å²) < 4.78 is 17.1. The van der Waals surface area contributed by atoms with Crippen molar-refractivity contribution in [2.75, 3.05) is 41.0 Å². The first-order valence-electron chi connectivity index (χ1n) is 22.5. The van der Waals surface area contributed by atoms with E-state index >= 15 is 0 Å². The SMILES string of the molecule is CCCC/C=C/CCCCCCCC(=O)OC(COCCC(C(=O)[O-])[N+](C)(C)C)COC(=O)CCCCCCCCCCCC/C=C/C=C/CCCCCC. The number of carbonyl (C=O) groups excluding carboxylic acids is 3. The van der Waals surface area contributed by atoms with Gasteiger partial charge in [-0.3, -0.25) is 9.59 Å². The van der Waals surface area contributed by atoms with Gasteiger partial charge in [0.05, 0.1) is 40.3 Å². The predicted octanol–water partition coefficient (Wildman–Crippen LogP) is 10.9. The van der Waals surface area contributed by atoms with Crippen molar-refractivity contribution in [3.8, 4) is 0 Å². The minimum Gasteiger partial charge on any atom is -0.544 e. The van der Waals surface area contributed by atoms with E-state index in [0.29, 0.717) is 12.8 Å². The second-order valence-electron chi connectivity index (χ2n) is 16.3. The topological polar surface area (TPSA) is 102 Å². The maximum atomic E-state index is 12.7. The lowest BCUT2D eigenvalue weighted by atomic mass is 10.1. The van der Waals surface area contributed by atoms with E-state index in [0.717, 1.165) is 57.8 Å². The van der Waals surface area contributed by atoms with Gasteiger partial charge in [-0.15, -0.1) is 0 Å². The number of aliphatic carboxylic acids is 1. The molecule has 0 N–H and O–H groups in total. The average molecular weight is 776 g/mol. The van der Waals surface area contributed by atoms with Crippen molar-refractivity contribution in [3.05, 3.63) is 36.5 Å². The average Bonchev–Trinajstić information content (AvgIpc) is 3.14. The first-order chi connectivity index (χ1) is 26.6. The molecule has 0 radical (unpaired) electrons. The summed E-state index contributed by atoms with van der Waals surface area (Å²) in [6.07, 6.45) is 43.1. The molecule has 0 spiro atoms. The normalized spacial score (nSPS) is 13.3. The number of esters is 2. The van der Waals surface area contributed by atoms with E-state index in [2.05, 4.69) is 50.3 Å². The molecule has 8 heteroatoms. The zero-order chi connectivity index (χ0) is 40.7. The molecule has 0 amide bonds. The van der Waals surface area contributed by atoms with Gasteiger partial charge in [0.25, 0.3) is 0 Å². The number of nitrogens with zero attached hydrogens (tertiary/aromatic N) is 1. The van der Waals surface area contributed by atoms with Crippen LogP contribution in [0.15, 0.2) is 36.5 Å². The van der Waals surface area contributed by atoms with Crippen molar-refractivity contribution >= 4 is 17.9 Å². The van der Waals surface area contributed by atoms with Crippen molar-refractivity contribution in [1.29, 1.82) is 0 Å². The van der Waals surface area contributed by atoms with E-state index in [1.165, 1.54) is 103 Å². The Morgan fingerprint density at radius 2 is 0.982 bits per heavy atom. The third kappa shape index (κ3) is 36.9. The molecule has 2 unspecified atom stereocenters. The van der Waals surface area contributed by atoms with E-state index in [4.69, 9.17) is 14.2 Å². The number of ether oxygens (including phenoxy) is 3. The summed E-state index contributed by atoms with van der Waals surface area (Å²) in [7, 11) is 5.40. The molecule has 0 heterocycles. The number of rotatable bonds is 40. The van der Waals surface area contributed by atoms with Gasteiger partial charge in [-0.05, 0) is 57.8 Å². The minimum absolute atomic E-state index is 0.0374. The molecule has 2 atom stereocenters. The molecule has 320 valence electrons. The van der Waals surface area contributed by atoms with Gasteiger partial charge in [-0.25, -0.2) is 0 Å². The molecule has 55 heavy (non-hydrogen) atoms. The van der Waals surface area contributed by atoms with Crippen LogP contribution in [0.25, 0.3) is 0 Å². The van der Waals surface area contributed by atoms with Crippen molar-refractivity contribution in [2.24, 2.45) is 0 Å². The molecular weight excluding hydrogens is 691 g/mol. The fourth-order valence-corrected chi connectivity index (χ4v) is 6.45. The Hall–Kier alpha value is -2.45. The number of quaternary nitrogens is 1. The standard InChI is InChI=1S/C47H85NO7/c1-6-8-10-12-14-16-18-19-20-21-22-23-24-25-26-28-29-31-33-35-37-45(49)54-42-43(41-53-40-39-44(47(51)52)48(3,4)5)55-46(50)38-36-34-32-30-27-17-15-13-11-9-7-2/h13,15-16,18-20,43-44H,6-12,14,17,21-42H2,1-5H3/b15-13+,18-16+,20-19+. The molecule has 0 saturated heterocycles. The van der Waals surface area contributed by atoms with Crippen molar-refractivity contribution < 1.29 is 38.2 Å². The summed E-state index contributed by atoms with van der Waals surface area (Å²) >= 11 is 0. The Balaban J connectivity index is 4.26. The Morgan fingerprint density at radius 3 is 1.47 bits per heavy atom. The Morgan fingerprint density at radius 1 is 0.545 bits per heavy atom. The molecule has 0 rings (SSSR count). The number of likely N-dealkylation sites (N-methyl/N-ethyl adjacent to an activating group) is 1. The maximum absolute atomic E-state index is 12.7. The second kappa shape index (κ2) is 38.4. The summed E-state index contributed by atoms with van der Waals surface area (Å²) in [4.78, 5) is 36.8. The maximum Gasteiger partial charge on any atom is 0.306 e. The summed E-state index contributed by atoms with van der Waals surface area (Å²) in [5, 5.41) is 11.6. The molecule has 8 nitrogen and oxygen atoms in total. The van der Waals surface area contributed by atoms with Gasteiger partial charge < -0.3 is 28.6 Å². The van der Waals surface area contributed by atoms with Gasteiger partial charge in [0, 0.05) is 19.3 Å². The van der Waals surface area contributed by atoms with Gasteiger partial charge in [0.2, 0.25) is 0 Å². The quantitative estimate of drug-likeness (QED) is 0.0201. The van der Waals surface area contributed by atoms with Crippen LogP contribution in [0.4, 0.5) is 0 Å². The van der Waals surface area contributed by atoms with Crippen LogP contribution >= 0.6 is 0 Å².